The number of para-hydroxylation sites is 1. The molecule has 4 aromatic rings. The number of amides is 6. The Labute approximate surface area is 320 Å². The van der Waals surface area contributed by atoms with E-state index in [1.54, 1.807) is 85.5 Å². The fourth-order valence-electron chi connectivity index (χ4n) is 6.35. The maximum absolute atomic E-state index is 14.6. The van der Waals surface area contributed by atoms with Gasteiger partial charge in [0.25, 0.3) is 5.91 Å². The lowest BCUT2D eigenvalue weighted by Crippen LogP contribution is -2.59. The van der Waals surface area contributed by atoms with Crippen LogP contribution in [-0.2, 0) is 30.4 Å². The number of hydrogen-bond donors (Lipinski definition) is 4. The molecule has 1 aliphatic heterocycles. The molecule has 6 amide bonds. The first-order valence-corrected chi connectivity index (χ1v) is 18.3. The molecule has 1 aliphatic rings. The SMILES string of the molecule is CC(C)[C@H]1NC(=O)[C@H](C)N(C)C(=O)[C@H](Cc2ccccc2)NC(=O)CN(C(=O)c2ccccc2-n2cccn2)C[C@@H](c2ccccc2)NC(=O)[C@H](C)NC1=O. The van der Waals surface area contributed by atoms with Crippen molar-refractivity contribution in [3.8, 4) is 5.69 Å². The van der Waals surface area contributed by atoms with Crippen LogP contribution in [0.4, 0.5) is 0 Å². The summed E-state index contributed by atoms with van der Waals surface area (Å²) in [7, 11) is 1.46. The number of aromatic nitrogens is 2. The molecular weight excluding hydrogens is 701 g/mol. The van der Waals surface area contributed by atoms with Crippen molar-refractivity contribution in [1.29, 1.82) is 0 Å². The van der Waals surface area contributed by atoms with Gasteiger partial charge >= 0.3 is 0 Å². The lowest BCUT2D eigenvalue weighted by atomic mass is 10.0. The monoisotopic (exact) mass is 748 g/mol. The van der Waals surface area contributed by atoms with Crippen molar-refractivity contribution in [3.63, 3.8) is 0 Å². The summed E-state index contributed by atoms with van der Waals surface area (Å²) in [6.07, 6.45) is 3.38. The zero-order valence-corrected chi connectivity index (χ0v) is 31.6. The summed E-state index contributed by atoms with van der Waals surface area (Å²) in [6.45, 7) is 5.91. The Hall–Kier alpha value is -6.31. The van der Waals surface area contributed by atoms with E-state index in [1.165, 1.54) is 30.7 Å². The topological polar surface area (TPSA) is 175 Å². The molecule has 2 heterocycles. The number of hydrogen-bond acceptors (Lipinski definition) is 7. The van der Waals surface area contributed by atoms with Gasteiger partial charge in [0.05, 0.1) is 23.8 Å². The first-order valence-electron chi connectivity index (χ1n) is 18.3. The van der Waals surface area contributed by atoms with Gasteiger partial charge in [-0.25, -0.2) is 4.68 Å². The second kappa shape index (κ2) is 18.1. The molecule has 4 N–H and O–H groups in total. The lowest BCUT2D eigenvalue weighted by Gasteiger charge is -2.33. The van der Waals surface area contributed by atoms with Crippen LogP contribution < -0.4 is 21.3 Å². The maximum Gasteiger partial charge on any atom is 0.256 e. The molecule has 5 rings (SSSR count). The van der Waals surface area contributed by atoms with Gasteiger partial charge in [0, 0.05) is 32.4 Å². The highest BCUT2D eigenvalue weighted by molar-refractivity contribution is 6.00. The molecule has 14 nitrogen and oxygen atoms in total. The predicted octanol–water partition coefficient (Wildman–Crippen LogP) is 2.41. The summed E-state index contributed by atoms with van der Waals surface area (Å²) in [5.74, 6) is -3.80. The van der Waals surface area contributed by atoms with Crippen molar-refractivity contribution in [1.82, 2.24) is 40.8 Å². The molecule has 0 aliphatic carbocycles. The molecule has 1 aromatic heterocycles. The van der Waals surface area contributed by atoms with Crippen molar-refractivity contribution >= 4 is 35.4 Å². The van der Waals surface area contributed by atoms with Crippen molar-refractivity contribution in [3.05, 3.63) is 120 Å². The highest BCUT2D eigenvalue weighted by Gasteiger charge is 2.35. The van der Waals surface area contributed by atoms with Gasteiger partial charge in [-0.1, -0.05) is 86.6 Å². The van der Waals surface area contributed by atoms with E-state index >= 15 is 0 Å². The van der Waals surface area contributed by atoms with Gasteiger partial charge in [-0.15, -0.1) is 0 Å². The summed E-state index contributed by atoms with van der Waals surface area (Å²) in [5.41, 5.74) is 2.12. The molecule has 0 unspecified atom stereocenters. The van der Waals surface area contributed by atoms with Gasteiger partial charge in [-0.3, -0.25) is 28.8 Å². The summed E-state index contributed by atoms with van der Waals surface area (Å²) < 4.78 is 1.54. The van der Waals surface area contributed by atoms with Gasteiger partial charge in [0.2, 0.25) is 29.5 Å². The summed E-state index contributed by atoms with van der Waals surface area (Å²) in [4.78, 5) is 86.4. The Morgan fingerprint density at radius 1 is 0.782 bits per heavy atom. The first kappa shape index (κ1) is 39.9. The Balaban J connectivity index is 1.59. The molecule has 14 heteroatoms. The smallest absolute Gasteiger partial charge is 0.256 e. The van der Waals surface area contributed by atoms with Crippen LogP contribution in [0.25, 0.3) is 5.69 Å². The average molecular weight is 749 g/mol. The summed E-state index contributed by atoms with van der Waals surface area (Å²) in [5, 5.41) is 15.6. The average Bonchev–Trinajstić information content (AvgIpc) is 3.73. The standard InChI is InChI=1S/C41H48N8O6/c1-26(2)36-39(53)43-27(3)37(51)45-33(30-17-10-7-11-18-30)24-48(40(54)31-19-12-13-20-34(31)49-22-14-21-42-49)25-35(50)44-32(23-29-15-8-6-9-16-29)41(55)47(5)28(4)38(52)46-36/h6-22,26-28,32-33,36H,23-25H2,1-5H3,(H,43,53)(H,44,50)(H,45,51)(H,46,52)/t27-,28-,32-,33-,36+/m0/s1. The highest BCUT2D eigenvalue weighted by Crippen LogP contribution is 2.21. The number of benzene rings is 3. The van der Waals surface area contributed by atoms with Gasteiger partial charge in [-0.2, -0.15) is 5.10 Å². The zero-order valence-electron chi connectivity index (χ0n) is 31.6. The maximum atomic E-state index is 14.6. The molecule has 55 heavy (non-hydrogen) atoms. The van der Waals surface area contributed by atoms with E-state index in [1.807, 2.05) is 36.4 Å². The molecule has 3 aromatic carbocycles. The number of nitrogens with zero attached hydrogens (tertiary/aromatic N) is 4. The Kier molecular flexibility index (Phi) is 13.2. The number of likely N-dealkylation sites (N-methyl/N-ethyl adjacent to an activating group) is 1. The van der Waals surface area contributed by atoms with E-state index in [9.17, 15) is 28.8 Å². The molecular formula is C41H48N8O6. The molecule has 5 atom stereocenters. The second-order valence-corrected chi connectivity index (χ2v) is 14.0. The minimum Gasteiger partial charge on any atom is -0.346 e. The Morgan fingerprint density at radius 2 is 1.44 bits per heavy atom. The van der Waals surface area contributed by atoms with Crippen LogP contribution in [0.3, 0.4) is 0 Å². The van der Waals surface area contributed by atoms with Crippen LogP contribution in [0, 0.1) is 5.92 Å². The number of carbonyl (C=O) groups excluding carboxylic acids is 6. The number of nitrogens with one attached hydrogen (secondary N) is 4. The summed E-state index contributed by atoms with van der Waals surface area (Å²) in [6, 6.07) is 21.5. The quantitative estimate of drug-likeness (QED) is 0.234. The van der Waals surface area contributed by atoms with Crippen LogP contribution in [0.5, 0.6) is 0 Å². The minimum atomic E-state index is -1.13. The Bertz CT molecular complexity index is 1970. The third-order valence-corrected chi connectivity index (χ3v) is 9.65. The van der Waals surface area contributed by atoms with Crippen LogP contribution in [0.2, 0.25) is 0 Å². The molecule has 1 saturated heterocycles. The third kappa shape index (κ3) is 10.0. The second-order valence-electron chi connectivity index (χ2n) is 14.0. The van der Waals surface area contributed by atoms with E-state index in [2.05, 4.69) is 26.4 Å². The van der Waals surface area contributed by atoms with Crippen LogP contribution in [0.1, 0.15) is 55.2 Å². The van der Waals surface area contributed by atoms with E-state index < -0.39 is 72.2 Å². The Morgan fingerprint density at radius 3 is 2.09 bits per heavy atom. The fourth-order valence-corrected chi connectivity index (χ4v) is 6.35. The van der Waals surface area contributed by atoms with Crippen LogP contribution in [0.15, 0.2) is 103 Å². The van der Waals surface area contributed by atoms with Crippen molar-refractivity contribution in [2.24, 2.45) is 5.92 Å². The number of rotatable bonds is 6. The van der Waals surface area contributed by atoms with E-state index in [4.69, 9.17) is 0 Å². The third-order valence-electron chi connectivity index (χ3n) is 9.65. The van der Waals surface area contributed by atoms with Crippen LogP contribution >= 0.6 is 0 Å². The van der Waals surface area contributed by atoms with Gasteiger partial charge in [0.1, 0.15) is 24.2 Å². The van der Waals surface area contributed by atoms with E-state index in [0.717, 1.165) is 5.56 Å². The largest absolute Gasteiger partial charge is 0.346 e. The van der Waals surface area contributed by atoms with E-state index in [-0.39, 0.29) is 24.4 Å². The van der Waals surface area contributed by atoms with Gasteiger partial charge in [-0.05, 0) is 49.1 Å². The molecule has 0 bridgehead atoms. The predicted molar refractivity (Wildman–Crippen MR) is 205 cm³/mol. The minimum absolute atomic E-state index is 0.0950. The fraction of sp³-hybridized carbons (Fsp3) is 0.341. The zero-order chi connectivity index (χ0) is 39.6. The van der Waals surface area contributed by atoms with Crippen molar-refractivity contribution < 1.29 is 28.8 Å². The first-order chi connectivity index (χ1) is 26.3. The van der Waals surface area contributed by atoms with Crippen LogP contribution in [-0.4, -0.2) is 99.3 Å². The van der Waals surface area contributed by atoms with Gasteiger partial charge < -0.3 is 31.1 Å². The van der Waals surface area contributed by atoms with Crippen molar-refractivity contribution in [2.45, 2.75) is 64.3 Å². The lowest BCUT2D eigenvalue weighted by molar-refractivity contribution is -0.142. The molecule has 0 spiro atoms. The summed E-state index contributed by atoms with van der Waals surface area (Å²) >= 11 is 0. The van der Waals surface area contributed by atoms with Crippen molar-refractivity contribution in [2.75, 3.05) is 20.1 Å². The highest BCUT2D eigenvalue weighted by atomic mass is 16.2. The molecule has 0 radical (unpaired) electrons. The molecule has 288 valence electrons. The normalized spacial score (nSPS) is 22.2. The van der Waals surface area contributed by atoms with Gasteiger partial charge in [0.15, 0.2) is 0 Å². The molecule has 1 fully saturated rings. The van der Waals surface area contributed by atoms with E-state index in [0.29, 0.717) is 11.3 Å². The molecule has 0 saturated carbocycles. The number of carbonyl (C=O) groups is 6.